The van der Waals surface area contributed by atoms with Crippen LogP contribution in [0.5, 0.6) is 5.75 Å². The van der Waals surface area contributed by atoms with Crippen LogP contribution in [0.4, 0.5) is 22.1 Å². The van der Waals surface area contributed by atoms with Crippen LogP contribution in [-0.4, -0.2) is 32.9 Å². The molecule has 0 spiro atoms. The van der Waals surface area contributed by atoms with Crippen molar-refractivity contribution >= 4 is 29.1 Å². The lowest BCUT2D eigenvalue weighted by molar-refractivity contribution is 0.210. The van der Waals surface area contributed by atoms with Crippen molar-refractivity contribution in [3.8, 4) is 16.9 Å². The van der Waals surface area contributed by atoms with Gasteiger partial charge in [0.05, 0.1) is 12.8 Å². The van der Waals surface area contributed by atoms with Crippen LogP contribution < -0.4 is 15.4 Å². The average molecular weight is 417 g/mol. The van der Waals surface area contributed by atoms with Gasteiger partial charge in [0.15, 0.2) is 5.65 Å². The number of pyridine rings is 1. The maximum atomic E-state index is 10.7. The fourth-order valence-corrected chi connectivity index (χ4v) is 2.84. The molecule has 8 heteroatoms. The molecule has 8 nitrogen and oxygen atoms in total. The van der Waals surface area contributed by atoms with E-state index in [1.807, 2.05) is 54.7 Å². The average Bonchev–Trinajstić information content (AvgIpc) is 3.60. The van der Waals surface area contributed by atoms with Crippen molar-refractivity contribution in [1.82, 2.24) is 14.6 Å². The number of aromatic nitrogens is 3. The van der Waals surface area contributed by atoms with Gasteiger partial charge in [-0.1, -0.05) is 43.5 Å². The number of hydrogen-bond donors (Lipinski definition) is 3. The molecular formula is C23H23N5O3. The normalized spacial score (nSPS) is 11.9. The second kappa shape index (κ2) is 9.17. The van der Waals surface area contributed by atoms with E-state index in [1.54, 1.807) is 23.8 Å². The van der Waals surface area contributed by atoms with E-state index in [0.717, 1.165) is 16.8 Å². The lowest BCUT2D eigenvalue weighted by Gasteiger charge is -2.07. The van der Waals surface area contributed by atoms with Crippen molar-refractivity contribution in [2.45, 2.75) is 19.3 Å². The third kappa shape index (κ3) is 5.30. The molecule has 31 heavy (non-hydrogen) atoms. The Labute approximate surface area is 179 Å². The molecule has 0 radical (unpaired) electrons. The van der Waals surface area contributed by atoms with E-state index in [0.29, 0.717) is 23.0 Å². The minimum absolute atomic E-state index is 0.461. The van der Waals surface area contributed by atoms with Crippen LogP contribution in [0.3, 0.4) is 0 Å². The van der Waals surface area contributed by atoms with Gasteiger partial charge in [-0.2, -0.15) is 4.98 Å². The molecule has 0 saturated heterocycles. The standard InChI is InChI=1S/C20H17N5O3.C3H6/c1-28-17-5-3-2-4-16(17)22-19-23-18-11-8-14(12-25(18)24-19)13-6-9-15(10-7-13)21-20(26)27;1-2-3-1/h2-12,21H,1H3,(H,22,24)(H,26,27);1-3H2. The molecule has 0 bridgehead atoms. The van der Waals surface area contributed by atoms with Crippen molar-refractivity contribution < 1.29 is 14.6 Å². The number of rotatable bonds is 5. The maximum Gasteiger partial charge on any atom is 0.409 e. The summed E-state index contributed by atoms with van der Waals surface area (Å²) < 4.78 is 7.03. The van der Waals surface area contributed by atoms with Crippen molar-refractivity contribution in [2.24, 2.45) is 0 Å². The fourth-order valence-electron chi connectivity index (χ4n) is 2.84. The summed E-state index contributed by atoms with van der Waals surface area (Å²) >= 11 is 0. The largest absolute Gasteiger partial charge is 0.495 e. The third-order valence-corrected chi connectivity index (χ3v) is 4.51. The summed E-state index contributed by atoms with van der Waals surface area (Å²) in [4.78, 5) is 15.2. The molecule has 1 fully saturated rings. The Morgan fingerprint density at radius 1 is 1.00 bits per heavy atom. The number of para-hydroxylation sites is 2. The van der Waals surface area contributed by atoms with E-state index in [4.69, 9.17) is 9.84 Å². The molecule has 158 valence electrons. The first-order valence-corrected chi connectivity index (χ1v) is 9.99. The summed E-state index contributed by atoms with van der Waals surface area (Å²) in [5.41, 5.74) is 3.87. The Morgan fingerprint density at radius 2 is 1.71 bits per heavy atom. The van der Waals surface area contributed by atoms with Crippen LogP contribution in [0.2, 0.25) is 0 Å². The summed E-state index contributed by atoms with van der Waals surface area (Å²) in [5, 5.41) is 18.7. The molecule has 1 amide bonds. The molecule has 5 rings (SSSR count). The van der Waals surface area contributed by atoms with E-state index >= 15 is 0 Å². The van der Waals surface area contributed by atoms with Gasteiger partial charge in [-0.3, -0.25) is 5.32 Å². The molecule has 0 atom stereocenters. The van der Waals surface area contributed by atoms with E-state index in [1.165, 1.54) is 19.3 Å². The van der Waals surface area contributed by atoms with Gasteiger partial charge in [-0.05, 0) is 42.0 Å². The predicted molar refractivity (Wildman–Crippen MR) is 120 cm³/mol. The highest BCUT2D eigenvalue weighted by atomic mass is 16.5. The Hall–Kier alpha value is -4.07. The monoisotopic (exact) mass is 417 g/mol. The van der Waals surface area contributed by atoms with Crippen LogP contribution in [0.1, 0.15) is 19.3 Å². The fraction of sp³-hybridized carbons (Fsp3) is 0.174. The van der Waals surface area contributed by atoms with Crippen molar-refractivity contribution in [3.05, 3.63) is 66.9 Å². The second-order valence-electron chi connectivity index (χ2n) is 7.05. The minimum atomic E-state index is -1.09. The minimum Gasteiger partial charge on any atom is -0.495 e. The molecule has 3 N–H and O–H groups in total. The Bertz CT molecular complexity index is 1180. The number of anilines is 3. The summed E-state index contributed by atoms with van der Waals surface area (Å²) in [5.74, 6) is 1.17. The van der Waals surface area contributed by atoms with Gasteiger partial charge in [0, 0.05) is 17.4 Å². The third-order valence-electron chi connectivity index (χ3n) is 4.51. The van der Waals surface area contributed by atoms with Crippen molar-refractivity contribution in [2.75, 3.05) is 17.7 Å². The SMILES string of the molecule is C1CC1.COc1ccccc1Nc1nc2ccc(-c3ccc(NC(=O)O)cc3)cn2n1. The number of fused-ring (bicyclic) bond motifs is 1. The first kappa shape index (κ1) is 20.2. The van der Waals surface area contributed by atoms with Crippen LogP contribution >= 0.6 is 0 Å². The first-order chi connectivity index (χ1) is 15.1. The van der Waals surface area contributed by atoms with Gasteiger partial charge >= 0.3 is 6.09 Å². The van der Waals surface area contributed by atoms with Crippen LogP contribution in [0.15, 0.2) is 66.9 Å². The summed E-state index contributed by atoms with van der Waals surface area (Å²) in [6.07, 6.45) is 5.28. The molecule has 1 aliphatic rings. The molecule has 2 aromatic carbocycles. The number of nitrogens with zero attached hydrogens (tertiary/aromatic N) is 3. The molecular weight excluding hydrogens is 394 g/mol. The van der Waals surface area contributed by atoms with Crippen molar-refractivity contribution in [3.63, 3.8) is 0 Å². The van der Waals surface area contributed by atoms with Crippen LogP contribution in [0.25, 0.3) is 16.8 Å². The Kier molecular flexibility index (Phi) is 5.98. The molecule has 4 aromatic rings. The van der Waals surface area contributed by atoms with E-state index in [2.05, 4.69) is 20.7 Å². The topological polar surface area (TPSA) is 101 Å². The number of methoxy groups -OCH3 is 1. The number of hydrogen-bond acceptors (Lipinski definition) is 5. The maximum absolute atomic E-state index is 10.7. The number of benzene rings is 2. The van der Waals surface area contributed by atoms with Gasteiger partial charge in [-0.15, -0.1) is 5.10 Å². The number of ether oxygens (including phenoxy) is 1. The first-order valence-electron chi connectivity index (χ1n) is 9.99. The Balaban J connectivity index is 0.000000710. The second-order valence-corrected chi connectivity index (χ2v) is 7.05. The van der Waals surface area contributed by atoms with Gasteiger partial charge in [0.25, 0.3) is 0 Å². The smallest absolute Gasteiger partial charge is 0.409 e. The van der Waals surface area contributed by atoms with Gasteiger partial charge in [0.2, 0.25) is 5.95 Å². The highest BCUT2D eigenvalue weighted by molar-refractivity contribution is 5.83. The summed E-state index contributed by atoms with van der Waals surface area (Å²) in [6, 6.07) is 18.5. The molecule has 1 saturated carbocycles. The lowest BCUT2D eigenvalue weighted by atomic mass is 10.1. The van der Waals surface area contributed by atoms with E-state index < -0.39 is 6.09 Å². The van der Waals surface area contributed by atoms with Crippen LogP contribution in [-0.2, 0) is 0 Å². The molecule has 1 aliphatic carbocycles. The molecule has 0 aliphatic heterocycles. The van der Waals surface area contributed by atoms with Gasteiger partial charge in [0.1, 0.15) is 5.75 Å². The zero-order valence-electron chi connectivity index (χ0n) is 17.1. The van der Waals surface area contributed by atoms with Gasteiger partial charge in [-0.25, -0.2) is 9.31 Å². The predicted octanol–water partition coefficient (Wildman–Crippen LogP) is 5.41. The number of carboxylic acid groups (broad SMARTS) is 1. The van der Waals surface area contributed by atoms with Crippen molar-refractivity contribution in [1.29, 1.82) is 0 Å². The zero-order valence-corrected chi connectivity index (χ0v) is 17.1. The van der Waals surface area contributed by atoms with E-state index in [-0.39, 0.29) is 0 Å². The van der Waals surface area contributed by atoms with Crippen LogP contribution in [0, 0.1) is 0 Å². The summed E-state index contributed by atoms with van der Waals surface area (Å²) in [6.45, 7) is 0. The lowest BCUT2D eigenvalue weighted by Crippen LogP contribution is -2.06. The number of amides is 1. The molecule has 2 heterocycles. The number of nitrogens with one attached hydrogen (secondary N) is 2. The molecule has 0 unspecified atom stereocenters. The zero-order chi connectivity index (χ0) is 21.6. The number of carbonyl (C=O) groups is 1. The highest BCUT2D eigenvalue weighted by Crippen LogP contribution is 2.26. The summed E-state index contributed by atoms with van der Waals surface area (Å²) in [7, 11) is 1.61. The molecule has 2 aromatic heterocycles. The Morgan fingerprint density at radius 3 is 2.39 bits per heavy atom. The van der Waals surface area contributed by atoms with Gasteiger partial charge < -0.3 is 15.2 Å². The van der Waals surface area contributed by atoms with E-state index in [9.17, 15) is 4.79 Å². The quantitative estimate of drug-likeness (QED) is 0.401. The highest BCUT2D eigenvalue weighted by Gasteiger charge is 2.08.